The Morgan fingerprint density at radius 2 is 2.10 bits per heavy atom. The quantitative estimate of drug-likeness (QED) is 0.886. The van der Waals surface area contributed by atoms with Crippen LogP contribution in [-0.4, -0.2) is 46.7 Å². The van der Waals surface area contributed by atoms with Crippen molar-refractivity contribution in [1.29, 1.82) is 0 Å². The SMILES string of the molecule is COc1ccc(C(=O)N2CCC[C@H](C(=O)O)[C@@H]2C)c(O)c1. The number of amides is 1. The molecule has 0 saturated carbocycles. The van der Waals surface area contributed by atoms with Gasteiger partial charge in [-0.1, -0.05) is 0 Å². The van der Waals surface area contributed by atoms with Gasteiger partial charge < -0.3 is 19.8 Å². The number of nitrogens with zero attached hydrogens (tertiary/aromatic N) is 1. The number of carbonyl (C=O) groups excluding carboxylic acids is 1. The van der Waals surface area contributed by atoms with Crippen LogP contribution in [0.1, 0.15) is 30.1 Å². The van der Waals surface area contributed by atoms with Gasteiger partial charge in [-0.25, -0.2) is 0 Å². The van der Waals surface area contributed by atoms with Gasteiger partial charge in [0.1, 0.15) is 11.5 Å². The summed E-state index contributed by atoms with van der Waals surface area (Å²) >= 11 is 0. The molecule has 0 aliphatic carbocycles. The summed E-state index contributed by atoms with van der Waals surface area (Å²) < 4.78 is 4.98. The minimum absolute atomic E-state index is 0.161. The third-order valence-corrected chi connectivity index (χ3v) is 4.00. The molecule has 6 heteroatoms. The Balaban J connectivity index is 2.25. The Hall–Kier alpha value is -2.24. The molecule has 2 rings (SSSR count). The minimum atomic E-state index is -0.890. The van der Waals surface area contributed by atoms with Crippen LogP contribution in [0.15, 0.2) is 18.2 Å². The summed E-state index contributed by atoms with van der Waals surface area (Å²) in [5.74, 6) is -1.51. The number of aromatic hydroxyl groups is 1. The van der Waals surface area contributed by atoms with E-state index in [1.165, 1.54) is 24.1 Å². The summed E-state index contributed by atoms with van der Waals surface area (Å²) in [6, 6.07) is 4.06. The van der Waals surface area contributed by atoms with Crippen molar-refractivity contribution >= 4 is 11.9 Å². The number of methoxy groups -OCH3 is 1. The molecule has 0 spiro atoms. The minimum Gasteiger partial charge on any atom is -0.507 e. The predicted octanol–water partition coefficient (Wildman–Crippen LogP) is 1.73. The van der Waals surface area contributed by atoms with Crippen LogP contribution in [0.5, 0.6) is 11.5 Å². The zero-order valence-corrected chi connectivity index (χ0v) is 12.1. The van der Waals surface area contributed by atoms with Gasteiger partial charge in [-0.3, -0.25) is 9.59 Å². The van der Waals surface area contributed by atoms with Crippen molar-refractivity contribution in [2.45, 2.75) is 25.8 Å². The highest BCUT2D eigenvalue weighted by Crippen LogP contribution is 2.29. The molecule has 1 fully saturated rings. The van der Waals surface area contributed by atoms with Gasteiger partial charge in [-0.2, -0.15) is 0 Å². The van der Waals surface area contributed by atoms with Crippen molar-refractivity contribution in [3.05, 3.63) is 23.8 Å². The van der Waals surface area contributed by atoms with Gasteiger partial charge in [0.15, 0.2) is 0 Å². The van der Waals surface area contributed by atoms with E-state index in [4.69, 9.17) is 4.74 Å². The van der Waals surface area contributed by atoms with E-state index in [9.17, 15) is 19.8 Å². The lowest BCUT2D eigenvalue weighted by Gasteiger charge is -2.37. The molecule has 0 radical (unpaired) electrons. The molecule has 0 bridgehead atoms. The Labute approximate surface area is 122 Å². The Morgan fingerprint density at radius 3 is 2.67 bits per heavy atom. The highest BCUT2D eigenvalue weighted by molar-refractivity contribution is 5.97. The summed E-state index contributed by atoms with van der Waals surface area (Å²) in [6.07, 6.45) is 1.21. The number of phenols is 1. The van der Waals surface area contributed by atoms with E-state index in [0.717, 1.165) is 0 Å². The summed E-state index contributed by atoms with van der Waals surface area (Å²) in [7, 11) is 1.47. The average Bonchev–Trinajstić information content (AvgIpc) is 2.46. The number of hydrogen-bond acceptors (Lipinski definition) is 4. The van der Waals surface area contributed by atoms with Gasteiger partial charge in [0.05, 0.1) is 18.6 Å². The topological polar surface area (TPSA) is 87.1 Å². The highest BCUT2D eigenvalue weighted by atomic mass is 16.5. The summed E-state index contributed by atoms with van der Waals surface area (Å²) in [6.45, 7) is 2.23. The van der Waals surface area contributed by atoms with Crippen LogP contribution < -0.4 is 4.74 Å². The maximum Gasteiger partial charge on any atom is 0.308 e. The predicted molar refractivity (Wildman–Crippen MR) is 75.5 cm³/mol. The van der Waals surface area contributed by atoms with Gasteiger partial charge in [-0.05, 0) is 31.9 Å². The lowest BCUT2D eigenvalue weighted by Crippen LogP contribution is -2.49. The van der Waals surface area contributed by atoms with Crippen molar-refractivity contribution in [1.82, 2.24) is 4.90 Å². The second-order valence-corrected chi connectivity index (χ2v) is 5.21. The number of likely N-dealkylation sites (tertiary alicyclic amines) is 1. The number of hydrogen-bond donors (Lipinski definition) is 2. The van der Waals surface area contributed by atoms with Crippen molar-refractivity contribution in [2.75, 3.05) is 13.7 Å². The number of carboxylic acids is 1. The lowest BCUT2D eigenvalue weighted by molar-refractivity contribution is -0.144. The zero-order chi connectivity index (χ0) is 15.6. The molecular weight excluding hydrogens is 274 g/mol. The first-order chi connectivity index (χ1) is 9.95. The monoisotopic (exact) mass is 293 g/mol. The van der Waals surface area contributed by atoms with Gasteiger partial charge >= 0.3 is 5.97 Å². The van der Waals surface area contributed by atoms with E-state index >= 15 is 0 Å². The van der Waals surface area contributed by atoms with Crippen molar-refractivity contribution in [3.63, 3.8) is 0 Å². The summed E-state index contributed by atoms with van der Waals surface area (Å²) in [4.78, 5) is 25.3. The molecule has 2 atom stereocenters. The standard InChI is InChI=1S/C15H19NO5/c1-9-11(15(19)20)4-3-7-16(9)14(18)12-6-5-10(21-2)8-13(12)17/h5-6,8-9,11,17H,3-4,7H2,1-2H3,(H,19,20)/t9-,11-/m0/s1. The Morgan fingerprint density at radius 1 is 1.38 bits per heavy atom. The van der Waals surface area contributed by atoms with Crippen molar-refractivity contribution in [2.24, 2.45) is 5.92 Å². The third-order valence-electron chi connectivity index (χ3n) is 4.00. The van der Waals surface area contributed by atoms with Crippen LogP contribution in [0.3, 0.4) is 0 Å². The number of piperidine rings is 1. The first kappa shape index (κ1) is 15.2. The van der Waals surface area contributed by atoms with Gasteiger partial charge in [0.25, 0.3) is 5.91 Å². The number of ether oxygens (including phenoxy) is 1. The van der Waals surface area contributed by atoms with E-state index in [1.54, 1.807) is 13.0 Å². The molecule has 21 heavy (non-hydrogen) atoms. The van der Waals surface area contributed by atoms with Crippen molar-refractivity contribution < 1.29 is 24.5 Å². The average molecular weight is 293 g/mol. The van der Waals surface area contributed by atoms with Crippen LogP contribution in [0, 0.1) is 5.92 Å². The number of carboxylic acid groups (broad SMARTS) is 1. The first-order valence-electron chi connectivity index (χ1n) is 6.86. The van der Waals surface area contributed by atoms with E-state index in [0.29, 0.717) is 25.1 Å². The molecule has 1 saturated heterocycles. The fourth-order valence-corrected chi connectivity index (χ4v) is 2.73. The zero-order valence-electron chi connectivity index (χ0n) is 12.1. The van der Waals surface area contributed by atoms with E-state index < -0.39 is 17.9 Å². The molecule has 1 heterocycles. The van der Waals surface area contributed by atoms with E-state index in [2.05, 4.69) is 0 Å². The molecule has 1 aromatic rings. The number of rotatable bonds is 3. The van der Waals surface area contributed by atoms with Gasteiger partial charge in [-0.15, -0.1) is 0 Å². The maximum atomic E-state index is 12.5. The van der Waals surface area contributed by atoms with Crippen LogP contribution in [0.25, 0.3) is 0 Å². The highest BCUT2D eigenvalue weighted by Gasteiger charge is 2.36. The van der Waals surface area contributed by atoms with Gasteiger partial charge in [0, 0.05) is 18.7 Å². The summed E-state index contributed by atoms with van der Waals surface area (Å²) in [5.41, 5.74) is 0.161. The third kappa shape index (κ3) is 2.94. The lowest BCUT2D eigenvalue weighted by atomic mass is 9.90. The molecule has 1 aliphatic rings. The number of benzene rings is 1. The van der Waals surface area contributed by atoms with E-state index in [1.807, 2.05) is 0 Å². The number of aliphatic carboxylic acids is 1. The molecule has 0 unspecified atom stereocenters. The normalized spacial score (nSPS) is 21.9. The number of phenolic OH excluding ortho intramolecular Hbond substituents is 1. The molecule has 2 N–H and O–H groups in total. The second-order valence-electron chi connectivity index (χ2n) is 5.21. The second kappa shape index (κ2) is 6.03. The molecule has 0 aromatic heterocycles. The summed E-state index contributed by atoms with van der Waals surface area (Å²) in [5, 5.41) is 19.1. The van der Waals surface area contributed by atoms with E-state index in [-0.39, 0.29) is 17.2 Å². The molecule has 1 aromatic carbocycles. The van der Waals surface area contributed by atoms with Crippen molar-refractivity contribution in [3.8, 4) is 11.5 Å². The van der Waals surface area contributed by atoms with Crippen LogP contribution in [0.4, 0.5) is 0 Å². The Kier molecular flexibility index (Phi) is 4.35. The fraction of sp³-hybridized carbons (Fsp3) is 0.467. The van der Waals surface area contributed by atoms with Gasteiger partial charge in [0.2, 0.25) is 0 Å². The molecule has 1 aliphatic heterocycles. The largest absolute Gasteiger partial charge is 0.507 e. The van der Waals surface area contributed by atoms with Crippen LogP contribution >= 0.6 is 0 Å². The molecule has 6 nitrogen and oxygen atoms in total. The first-order valence-corrected chi connectivity index (χ1v) is 6.86. The Bertz CT molecular complexity index is 557. The molecule has 1 amide bonds. The maximum absolute atomic E-state index is 12.5. The smallest absolute Gasteiger partial charge is 0.308 e. The molecular formula is C15H19NO5. The molecule has 114 valence electrons. The van der Waals surface area contributed by atoms with Crippen LogP contribution in [-0.2, 0) is 4.79 Å². The number of carbonyl (C=O) groups is 2. The van der Waals surface area contributed by atoms with Crippen LogP contribution in [0.2, 0.25) is 0 Å². The fourth-order valence-electron chi connectivity index (χ4n) is 2.73.